The first kappa shape index (κ1) is 13.2. The molecule has 1 aromatic rings. The summed E-state index contributed by atoms with van der Waals surface area (Å²) in [5, 5.41) is 0. The maximum absolute atomic E-state index is 12.3. The summed E-state index contributed by atoms with van der Waals surface area (Å²) in [5.41, 5.74) is 0.207. The van der Waals surface area contributed by atoms with Gasteiger partial charge in [0.2, 0.25) is 0 Å². The van der Waals surface area contributed by atoms with E-state index in [1.165, 1.54) is 12.1 Å². The molecule has 0 spiro atoms. The molecule has 0 unspecified atom stereocenters. The van der Waals surface area contributed by atoms with Gasteiger partial charge in [-0.1, -0.05) is 38.2 Å². The SMILES string of the molecule is CC(C)C(=S)Cc1ccc(C(F)(F)F)cc1. The van der Waals surface area contributed by atoms with E-state index in [0.717, 1.165) is 22.6 Å². The zero-order valence-corrected chi connectivity index (χ0v) is 9.95. The monoisotopic (exact) mass is 246 g/mol. The standard InChI is InChI=1S/C12H13F3S/c1-8(2)11(16)7-9-3-5-10(6-4-9)12(13,14)15/h3-6,8H,7H2,1-2H3. The van der Waals surface area contributed by atoms with Crippen LogP contribution < -0.4 is 0 Å². The quantitative estimate of drug-likeness (QED) is 0.717. The molecule has 0 saturated carbocycles. The molecule has 0 fully saturated rings. The van der Waals surface area contributed by atoms with Crippen molar-refractivity contribution in [3.8, 4) is 0 Å². The maximum Gasteiger partial charge on any atom is 0.416 e. The molecule has 16 heavy (non-hydrogen) atoms. The van der Waals surface area contributed by atoms with Gasteiger partial charge in [0, 0.05) is 6.42 Å². The Balaban J connectivity index is 2.76. The second-order valence-electron chi connectivity index (χ2n) is 3.99. The predicted octanol–water partition coefficient (Wildman–Crippen LogP) is 4.27. The lowest BCUT2D eigenvalue weighted by molar-refractivity contribution is -0.137. The van der Waals surface area contributed by atoms with E-state index < -0.39 is 11.7 Å². The number of benzene rings is 1. The van der Waals surface area contributed by atoms with Gasteiger partial charge in [-0.3, -0.25) is 0 Å². The van der Waals surface area contributed by atoms with Crippen LogP contribution in [0.25, 0.3) is 0 Å². The zero-order valence-electron chi connectivity index (χ0n) is 9.14. The summed E-state index contributed by atoms with van der Waals surface area (Å²) < 4.78 is 36.9. The van der Waals surface area contributed by atoms with Crippen molar-refractivity contribution in [2.24, 2.45) is 5.92 Å². The van der Waals surface area contributed by atoms with Crippen LogP contribution in [-0.2, 0) is 12.6 Å². The van der Waals surface area contributed by atoms with Crippen molar-refractivity contribution in [2.75, 3.05) is 0 Å². The average molecular weight is 246 g/mol. The van der Waals surface area contributed by atoms with Crippen LogP contribution in [0.2, 0.25) is 0 Å². The molecule has 0 nitrogen and oxygen atoms in total. The van der Waals surface area contributed by atoms with Gasteiger partial charge in [-0.25, -0.2) is 0 Å². The molecule has 4 heteroatoms. The third-order valence-corrected chi connectivity index (χ3v) is 2.92. The summed E-state index contributed by atoms with van der Waals surface area (Å²) in [6.45, 7) is 3.96. The van der Waals surface area contributed by atoms with E-state index in [4.69, 9.17) is 12.2 Å². The van der Waals surface area contributed by atoms with Crippen molar-refractivity contribution in [3.63, 3.8) is 0 Å². The van der Waals surface area contributed by atoms with Crippen LogP contribution in [0, 0.1) is 5.92 Å². The highest BCUT2D eigenvalue weighted by Crippen LogP contribution is 2.29. The van der Waals surface area contributed by atoms with Gasteiger partial charge in [0.05, 0.1) is 5.56 Å². The number of hydrogen-bond donors (Lipinski definition) is 0. The van der Waals surface area contributed by atoms with Gasteiger partial charge in [0.25, 0.3) is 0 Å². The minimum atomic E-state index is -4.27. The number of halogens is 3. The van der Waals surface area contributed by atoms with Crippen LogP contribution in [0.5, 0.6) is 0 Å². The minimum Gasteiger partial charge on any atom is -0.166 e. The molecule has 0 N–H and O–H groups in total. The van der Waals surface area contributed by atoms with Gasteiger partial charge in [0.1, 0.15) is 0 Å². The van der Waals surface area contributed by atoms with Crippen molar-refractivity contribution in [2.45, 2.75) is 26.4 Å². The lowest BCUT2D eigenvalue weighted by Crippen LogP contribution is -2.09. The van der Waals surface area contributed by atoms with Crippen molar-refractivity contribution in [3.05, 3.63) is 35.4 Å². The fourth-order valence-electron chi connectivity index (χ4n) is 1.22. The maximum atomic E-state index is 12.3. The van der Waals surface area contributed by atoms with E-state index in [2.05, 4.69) is 0 Å². The highest BCUT2D eigenvalue weighted by atomic mass is 32.1. The van der Waals surface area contributed by atoms with E-state index in [1.807, 2.05) is 13.8 Å². The Morgan fingerprint density at radius 2 is 1.69 bits per heavy atom. The summed E-state index contributed by atoms with van der Waals surface area (Å²) in [6, 6.07) is 5.16. The summed E-state index contributed by atoms with van der Waals surface area (Å²) in [4.78, 5) is 0.861. The first-order chi connectivity index (χ1) is 7.30. The van der Waals surface area contributed by atoms with E-state index in [-0.39, 0.29) is 5.92 Å². The Morgan fingerprint density at radius 1 is 1.19 bits per heavy atom. The van der Waals surface area contributed by atoms with Gasteiger partial charge in [0.15, 0.2) is 0 Å². The van der Waals surface area contributed by atoms with Crippen molar-refractivity contribution in [1.82, 2.24) is 0 Å². The average Bonchev–Trinajstić information content (AvgIpc) is 2.17. The van der Waals surface area contributed by atoms with Crippen LogP contribution in [-0.4, -0.2) is 4.86 Å². The molecule has 0 aromatic heterocycles. The van der Waals surface area contributed by atoms with Crippen LogP contribution in [0.15, 0.2) is 24.3 Å². The third-order valence-electron chi connectivity index (χ3n) is 2.30. The molecule has 0 aliphatic rings. The normalized spacial score (nSPS) is 11.9. The lowest BCUT2D eigenvalue weighted by Gasteiger charge is -2.09. The first-order valence-corrected chi connectivity index (χ1v) is 5.40. The molecule has 0 aliphatic heterocycles. The lowest BCUT2D eigenvalue weighted by atomic mass is 10.0. The summed E-state index contributed by atoms with van der Waals surface area (Å²) in [5.74, 6) is 0.275. The van der Waals surface area contributed by atoms with Crippen LogP contribution in [0.3, 0.4) is 0 Å². The Bertz CT molecular complexity index is 363. The predicted molar refractivity (Wildman–Crippen MR) is 62.6 cm³/mol. The molecule has 88 valence electrons. The van der Waals surface area contributed by atoms with Crippen LogP contribution in [0.1, 0.15) is 25.0 Å². The summed E-state index contributed by atoms with van der Waals surface area (Å²) >= 11 is 5.14. The highest BCUT2D eigenvalue weighted by Gasteiger charge is 2.29. The summed E-state index contributed by atoms with van der Waals surface area (Å²) in [6.07, 6.45) is -3.71. The van der Waals surface area contributed by atoms with Crippen molar-refractivity contribution in [1.29, 1.82) is 0 Å². The van der Waals surface area contributed by atoms with E-state index in [9.17, 15) is 13.2 Å². The largest absolute Gasteiger partial charge is 0.416 e. The van der Waals surface area contributed by atoms with Crippen molar-refractivity contribution >= 4 is 17.1 Å². The van der Waals surface area contributed by atoms with Gasteiger partial charge < -0.3 is 0 Å². The Morgan fingerprint density at radius 3 is 2.06 bits per heavy atom. The Hall–Kier alpha value is -0.900. The van der Waals surface area contributed by atoms with E-state index in [0.29, 0.717) is 6.42 Å². The van der Waals surface area contributed by atoms with Crippen LogP contribution in [0.4, 0.5) is 13.2 Å². The summed E-state index contributed by atoms with van der Waals surface area (Å²) in [7, 11) is 0. The second kappa shape index (κ2) is 4.95. The number of rotatable bonds is 3. The fourth-order valence-corrected chi connectivity index (χ4v) is 1.38. The van der Waals surface area contributed by atoms with Crippen molar-refractivity contribution < 1.29 is 13.2 Å². The molecule has 0 heterocycles. The van der Waals surface area contributed by atoms with Gasteiger partial charge in [-0.05, 0) is 28.5 Å². The van der Waals surface area contributed by atoms with Gasteiger partial charge in [-0.15, -0.1) is 0 Å². The number of hydrogen-bond acceptors (Lipinski definition) is 1. The molecule has 1 aromatic carbocycles. The molecule has 0 bridgehead atoms. The van der Waals surface area contributed by atoms with Gasteiger partial charge >= 0.3 is 6.18 Å². The molecule has 1 rings (SSSR count). The molecule has 0 atom stereocenters. The topological polar surface area (TPSA) is 0 Å². The first-order valence-electron chi connectivity index (χ1n) is 4.99. The molecule has 0 aliphatic carbocycles. The molecular formula is C12H13F3S. The zero-order chi connectivity index (χ0) is 12.3. The number of alkyl halides is 3. The minimum absolute atomic E-state index is 0.275. The van der Waals surface area contributed by atoms with Gasteiger partial charge in [-0.2, -0.15) is 13.2 Å². The fraction of sp³-hybridized carbons (Fsp3) is 0.417. The molecule has 0 amide bonds. The second-order valence-corrected chi connectivity index (χ2v) is 4.52. The smallest absolute Gasteiger partial charge is 0.166 e. The highest BCUT2D eigenvalue weighted by molar-refractivity contribution is 7.80. The van der Waals surface area contributed by atoms with Crippen LogP contribution >= 0.6 is 12.2 Å². The Kier molecular flexibility index (Phi) is 4.08. The van der Waals surface area contributed by atoms with E-state index >= 15 is 0 Å². The van der Waals surface area contributed by atoms with E-state index in [1.54, 1.807) is 0 Å². The molecule has 0 radical (unpaired) electrons. The Labute approximate surface area is 98.5 Å². The molecule has 0 saturated heterocycles. The third kappa shape index (κ3) is 3.59. The molecular weight excluding hydrogens is 233 g/mol. The number of thiocarbonyl (C=S) groups is 1.